The van der Waals surface area contributed by atoms with Gasteiger partial charge in [-0.05, 0) is 37.6 Å². The predicted molar refractivity (Wildman–Crippen MR) is 70.5 cm³/mol. The highest BCUT2D eigenvalue weighted by Crippen LogP contribution is 2.30. The largest absolute Gasteiger partial charge is 0.508 e. The van der Waals surface area contributed by atoms with Crippen molar-refractivity contribution < 1.29 is 24.5 Å². The van der Waals surface area contributed by atoms with Crippen LogP contribution in [0.15, 0.2) is 24.3 Å². The van der Waals surface area contributed by atoms with Crippen LogP contribution < -0.4 is 4.74 Å². The molecule has 1 amide bonds. The highest BCUT2D eigenvalue weighted by molar-refractivity contribution is 5.81. The third-order valence-corrected chi connectivity index (χ3v) is 3.54. The Bertz CT molecular complexity index is 513. The standard InChI is InChI=1S/C14H17NO5/c1-14(13(18)19)6-7-15(9-14)12(17)8-20-11-4-2-10(16)3-5-11/h2-5,16H,6-9H2,1H3,(H,18,19). The Morgan fingerprint density at radius 2 is 2.00 bits per heavy atom. The van der Waals surface area contributed by atoms with E-state index in [4.69, 9.17) is 14.9 Å². The van der Waals surface area contributed by atoms with Gasteiger partial charge in [0.15, 0.2) is 6.61 Å². The number of benzene rings is 1. The number of amides is 1. The zero-order chi connectivity index (χ0) is 14.8. The molecule has 6 heteroatoms. The number of carboxylic acids is 1. The fraction of sp³-hybridized carbons (Fsp3) is 0.429. The third kappa shape index (κ3) is 3.01. The molecule has 20 heavy (non-hydrogen) atoms. The van der Waals surface area contributed by atoms with Crippen LogP contribution in [0.5, 0.6) is 11.5 Å². The quantitative estimate of drug-likeness (QED) is 0.861. The number of hydrogen-bond acceptors (Lipinski definition) is 4. The van der Waals surface area contributed by atoms with E-state index in [9.17, 15) is 9.59 Å². The van der Waals surface area contributed by atoms with Crippen LogP contribution in [0.1, 0.15) is 13.3 Å². The second-order valence-electron chi connectivity index (χ2n) is 5.21. The lowest BCUT2D eigenvalue weighted by Gasteiger charge is -2.20. The second kappa shape index (κ2) is 5.40. The van der Waals surface area contributed by atoms with E-state index in [-0.39, 0.29) is 24.8 Å². The van der Waals surface area contributed by atoms with Crippen LogP contribution in [-0.4, -0.2) is 46.7 Å². The number of ether oxygens (including phenoxy) is 1. The van der Waals surface area contributed by atoms with Crippen LogP contribution in [0.25, 0.3) is 0 Å². The number of aromatic hydroxyl groups is 1. The molecule has 1 unspecified atom stereocenters. The highest BCUT2D eigenvalue weighted by Gasteiger charge is 2.42. The van der Waals surface area contributed by atoms with Crippen LogP contribution in [0.3, 0.4) is 0 Å². The molecule has 0 aromatic heterocycles. The number of carboxylic acid groups (broad SMARTS) is 1. The van der Waals surface area contributed by atoms with E-state index in [1.165, 1.54) is 17.0 Å². The topological polar surface area (TPSA) is 87.1 Å². The summed E-state index contributed by atoms with van der Waals surface area (Å²) in [6.45, 7) is 2.14. The second-order valence-corrected chi connectivity index (χ2v) is 5.21. The molecule has 108 valence electrons. The van der Waals surface area contributed by atoms with Crippen molar-refractivity contribution in [2.24, 2.45) is 5.41 Å². The molecule has 1 aliphatic rings. The first-order chi connectivity index (χ1) is 9.40. The van der Waals surface area contributed by atoms with Gasteiger partial charge in [0.1, 0.15) is 11.5 Å². The number of rotatable bonds is 4. The Balaban J connectivity index is 1.87. The number of aliphatic carboxylic acids is 1. The molecule has 1 aliphatic heterocycles. The van der Waals surface area contributed by atoms with Gasteiger partial charge < -0.3 is 19.8 Å². The lowest BCUT2D eigenvalue weighted by molar-refractivity contribution is -0.147. The average Bonchev–Trinajstić information content (AvgIpc) is 2.82. The predicted octanol–water partition coefficient (Wildman–Crippen LogP) is 1.09. The molecule has 0 radical (unpaired) electrons. The minimum atomic E-state index is -0.882. The monoisotopic (exact) mass is 279 g/mol. The van der Waals surface area contributed by atoms with Gasteiger partial charge in [-0.3, -0.25) is 9.59 Å². The Morgan fingerprint density at radius 3 is 2.55 bits per heavy atom. The van der Waals surface area contributed by atoms with E-state index < -0.39 is 11.4 Å². The fourth-order valence-electron chi connectivity index (χ4n) is 2.13. The molecule has 0 saturated carbocycles. The summed E-state index contributed by atoms with van der Waals surface area (Å²) in [5.74, 6) is -0.507. The minimum Gasteiger partial charge on any atom is -0.508 e. The molecule has 1 atom stereocenters. The van der Waals surface area contributed by atoms with Gasteiger partial charge in [-0.2, -0.15) is 0 Å². The molecule has 1 heterocycles. The minimum absolute atomic E-state index is 0.125. The number of carbonyl (C=O) groups excluding carboxylic acids is 1. The number of hydrogen-bond donors (Lipinski definition) is 2. The van der Waals surface area contributed by atoms with Gasteiger partial charge in [-0.15, -0.1) is 0 Å². The molecule has 0 bridgehead atoms. The van der Waals surface area contributed by atoms with Crippen LogP contribution in [0.4, 0.5) is 0 Å². The van der Waals surface area contributed by atoms with Crippen molar-refractivity contribution in [3.63, 3.8) is 0 Å². The number of nitrogens with zero attached hydrogens (tertiary/aromatic N) is 1. The molecular weight excluding hydrogens is 262 g/mol. The first kappa shape index (κ1) is 14.2. The van der Waals surface area contributed by atoms with Gasteiger partial charge in [0.05, 0.1) is 5.41 Å². The Morgan fingerprint density at radius 1 is 1.35 bits per heavy atom. The first-order valence-electron chi connectivity index (χ1n) is 6.34. The van der Waals surface area contributed by atoms with Gasteiger partial charge in [-0.1, -0.05) is 0 Å². The van der Waals surface area contributed by atoms with E-state index in [1.54, 1.807) is 19.1 Å². The maximum absolute atomic E-state index is 12.0. The van der Waals surface area contributed by atoms with E-state index in [0.29, 0.717) is 18.7 Å². The summed E-state index contributed by atoms with van der Waals surface area (Å²) in [4.78, 5) is 24.6. The third-order valence-electron chi connectivity index (χ3n) is 3.54. The molecule has 6 nitrogen and oxygen atoms in total. The summed E-state index contributed by atoms with van der Waals surface area (Å²) in [7, 11) is 0. The molecule has 2 rings (SSSR count). The van der Waals surface area contributed by atoms with Gasteiger partial charge in [0.2, 0.25) is 0 Å². The van der Waals surface area contributed by atoms with Crippen molar-refractivity contribution in [1.29, 1.82) is 0 Å². The molecule has 1 saturated heterocycles. The molecule has 0 aliphatic carbocycles. The Kier molecular flexibility index (Phi) is 3.83. The lowest BCUT2D eigenvalue weighted by Crippen LogP contribution is -2.37. The molecule has 2 N–H and O–H groups in total. The van der Waals surface area contributed by atoms with E-state index in [0.717, 1.165) is 0 Å². The summed E-state index contributed by atoms with van der Waals surface area (Å²) < 4.78 is 5.31. The summed E-state index contributed by atoms with van der Waals surface area (Å²) in [6, 6.07) is 6.07. The van der Waals surface area contributed by atoms with Crippen molar-refractivity contribution in [3.05, 3.63) is 24.3 Å². The van der Waals surface area contributed by atoms with Crippen molar-refractivity contribution in [2.45, 2.75) is 13.3 Å². The van der Waals surface area contributed by atoms with Crippen LogP contribution in [0, 0.1) is 5.41 Å². The summed E-state index contributed by atoms with van der Waals surface area (Å²) in [6.07, 6.45) is 0.452. The molecule has 1 fully saturated rings. The number of phenolic OH excluding ortho intramolecular Hbond substituents is 1. The maximum Gasteiger partial charge on any atom is 0.311 e. The van der Waals surface area contributed by atoms with Gasteiger partial charge in [0.25, 0.3) is 5.91 Å². The number of carbonyl (C=O) groups is 2. The Hall–Kier alpha value is -2.24. The van der Waals surface area contributed by atoms with Crippen LogP contribution in [0.2, 0.25) is 0 Å². The van der Waals surface area contributed by atoms with E-state index in [2.05, 4.69) is 0 Å². The molecule has 1 aromatic rings. The Labute approximate surface area is 116 Å². The van der Waals surface area contributed by atoms with Crippen molar-refractivity contribution >= 4 is 11.9 Å². The van der Waals surface area contributed by atoms with Crippen molar-refractivity contribution in [2.75, 3.05) is 19.7 Å². The first-order valence-corrected chi connectivity index (χ1v) is 6.34. The van der Waals surface area contributed by atoms with E-state index >= 15 is 0 Å². The van der Waals surface area contributed by atoms with E-state index in [1.807, 2.05) is 0 Å². The lowest BCUT2D eigenvalue weighted by atomic mass is 9.90. The SMILES string of the molecule is CC1(C(=O)O)CCN(C(=O)COc2ccc(O)cc2)C1. The number of likely N-dealkylation sites (tertiary alicyclic amines) is 1. The average molecular weight is 279 g/mol. The summed E-state index contributed by atoms with van der Waals surface area (Å²) >= 11 is 0. The van der Waals surface area contributed by atoms with Crippen LogP contribution in [-0.2, 0) is 9.59 Å². The van der Waals surface area contributed by atoms with Gasteiger partial charge in [0, 0.05) is 13.1 Å². The fourth-order valence-corrected chi connectivity index (χ4v) is 2.13. The molecule has 1 aromatic carbocycles. The van der Waals surface area contributed by atoms with Crippen molar-refractivity contribution in [3.8, 4) is 11.5 Å². The summed E-state index contributed by atoms with van der Waals surface area (Å²) in [5, 5.41) is 18.2. The number of phenols is 1. The molecule has 0 spiro atoms. The smallest absolute Gasteiger partial charge is 0.311 e. The van der Waals surface area contributed by atoms with Crippen LogP contribution >= 0.6 is 0 Å². The van der Waals surface area contributed by atoms with Gasteiger partial charge in [-0.25, -0.2) is 0 Å². The summed E-state index contributed by atoms with van der Waals surface area (Å²) in [5.41, 5.74) is -0.867. The highest BCUT2D eigenvalue weighted by atomic mass is 16.5. The zero-order valence-corrected chi connectivity index (χ0v) is 11.2. The normalized spacial score (nSPS) is 21.8. The maximum atomic E-state index is 12.0. The van der Waals surface area contributed by atoms with Gasteiger partial charge >= 0.3 is 5.97 Å². The van der Waals surface area contributed by atoms with Crippen molar-refractivity contribution in [1.82, 2.24) is 4.90 Å². The zero-order valence-electron chi connectivity index (χ0n) is 11.2. The molecular formula is C14H17NO5.